The Morgan fingerprint density at radius 3 is 2.47 bits per heavy atom. The van der Waals surface area contributed by atoms with E-state index in [1.54, 1.807) is 0 Å². The summed E-state index contributed by atoms with van der Waals surface area (Å²) in [5.74, 6) is -0.0273. The predicted molar refractivity (Wildman–Crippen MR) is 66.4 cm³/mol. The zero-order valence-electron chi connectivity index (χ0n) is 10.5. The van der Waals surface area contributed by atoms with Crippen LogP contribution in [0.4, 0.5) is 0 Å². The van der Waals surface area contributed by atoms with Gasteiger partial charge in [-0.05, 0) is 38.5 Å². The Morgan fingerprint density at radius 1 is 1.53 bits per heavy atom. The molecule has 0 aliphatic carbocycles. The summed E-state index contributed by atoms with van der Waals surface area (Å²) in [4.78, 5) is 10.9. The molecule has 0 fully saturated rings. The molecule has 0 aromatic carbocycles. The lowest BCUT2D eigenvalue weighted by Gasteiger charge is -2.30. The molecule has 0 aliphatic heterocycles. The summed E-state index contributed by atoms with van der Waals surface area (Å²) in [6.45, 7) is 12.2. The number of rotatable bonds is 7. The van der Waals surface area contributed by atoms with Crippen molar-refractivity contribution in [3.8, 4) is 0 Å². The van der Waals surface area contributed by atoms with Crippen LogP contribution in [0.3, 0.4) is 0 Å². The summed E-state index contributed by atoms with van der Waals surface area (Å²) in [6.07, 6.45) is 9.06. The van der Waals surface area contributed by atoms with Crippen LogP contribution in [0.15, 0.2) is 24.3 Å². The summed E-state index contributed by atoms with van der Waals surface area (Å²) >= 11 is 0. The highest BCUT2D eigenvalue weighted by Crippen LogP contribution is 2.35. The molecule has 2 unspecified atom stereocenters. The summed E-state index contributed by atoms with van der Waals surface area (Å²) in [5, 5.41) is 0. The third kappa shape index (κ3) is 4.46. The van der Waals surface area contributed by atoms with Crippen LogP contribution in [0.1, 0.15) is 47.0 Å². The Labute approximate surface area is 94.3 Å². The van der Waals surface area contributed by atoms with Crippen molar-refractivity contribution >= 4 is 6.29 Å². The lowest BCUT2D eigenvalue weighted by molar-refractivity contribution is 0.289. The first-order valence-electron chi connectivity index (χ1n) is 5.64. The minimum Gasteiger partial charge on any atom is -0.291 e. The fourth-order valence-corrected chi connectivity index (χ4v) is 1.77. The van der Waals surface area contributed by atoms with Crippen LogP contribution in [0.25, 0.3) is 0 Å². The average molecular weight is 207 g/mol. The molecule has 1 nitrogen and oxygen atoms in total. The molecule has 0 aromatic heterocycles. The molecule has 2 atom stereocenters. The van der Waals surface area contributed by atoms with Gasteiger partial charge in [-0.25, -0.2) is 0 Å². The second-order valence-electron chi connectivity index (χ2n) is 4.61. The fourth-order valence-electron chi connectivity index (χ4n) is 1.77. The van der Waals surface area contributed by atoms with Gasteiger partial charge < -0.3 is 0 Å². The van der Waals surface area contributed by atoms with Gasteiger partial charge in [0.05, 0.1) is 0 Å². The largest absolute Gasteiger partial charge is 0.291 e. The zero-order valence-corrected chi connectivity index (χ0v) is 10.5. The van der Waals surface area contributed by atoms with E-state index < -0.39 is 0 Å². The monoisotopic (exact) mass is 207 g/mol. The van der Waals surface area contributed by atoms with Crippen LogP contribution in [-0.4, -0.2) is 6.29 Å². The maximum atomic E-state index is 10.9. The van der Waals surface area contributed by atoms with E-state index in [0.717, 1.165) is 19.3 Å². The van der Waals surface area contributed by atoms with Gasteiger partial charge in [0.2, 0.25) is 6.29 Å². The van der Waals surface area contributed by atoms with Crippen LogP contribution in [0, 0.1) is 11.3 Å². The molecular weight excluding hydrogens is 184 g/mol. The highest BCUT2D eigenvalue weighted by atomic mass is 16.1. The van der Waals surface area contributed by atoms with Gasteiger partial charge in [-0.1, -0.05) is 31.6 Å². The minimum absolute atomic E-state index is 0.0273. The molecule has 0 aliphatic rings. The van der Waals surface area contributed by atoms with E-state index in [4.69, 9.17) is 0 Å². The van der Waals surface area contributed by atoms with Gasteiger partial charge in [-0.3, -0.25) is 4.79 Å². The van der Waals surface area contributed by atoms with Crippen LogP contribution in [0.2, 0.25) is 0 Å². The molecule has 0 aromatic rings. The number of allylic oxidation sites excluding steroid dienone is 3. The van der Waals surface area contributed by atoms with Crippen molar-refractivity contribution < 1.29 is 4.79 Å². The first kappa shape index (κ1) is 14.2. The maximum absolute atomic E-state index is 10.9. The van der Waals surface area contributed by atoms with Gasteiger partial charge in [-0.2, -0.15) is 0 Å². The van der Waals surface area contributed by atoms with E-state index in [0.29, 0.717) is 0 Å². The fraction of sp³-hybridized carbons (Fsp3) is 0.643. The lowest BCUT2D eigenvalue weighted by atomic mass is 9.73. The van der Waals surface area contributed by atoms with Gasteiger partial charge in [0.1, 0.15) is 0 Å². The van der Waals surface area contributed by atoms with Crippen molar-refractivity contribution in [1.82, 2.24) is 0 Å². The minimum atomic E-state index is -0.109. The average Bonchev–Trinajstić information content (AvgIpc) is 2.19. The first-order chi connectivity index (χ1) is 7.00. The van der Waals surface area contributed by atoms with Crippen LogP contribution < -0.4 is 0 Å². The van der Waals surface area contributed by atoms with Gasteiger partial charge in [0.15, 0.2) is 0 Å². The van der Waals surface area contributed by atoms with Crippen LogP contribution in [0.5, 0.6) is 0 Å². The molecule has 1 radical (unpaired) electrons. The first-order valence-corrected chi connectivity index (χ1v) is 5.64. The molecule has 0 saturated heterocycles. The Morgan fingerprint density at radius 2 is 2.13 bits per heavy atom. The van der Waals surface area contributed by atoms with Crippen molar-refractivity contribution in [3.63, 3.8) is 0 Å². The Hall–Kier alpha value is -0.850. The van der Waals surface area contributed by atoms with E-state index in [1.165, 1.54) is 5.57 Å². The number of hydrogen-bond acceptors (Lipinski definition) is 1. The van der Waals surface area contributed by atoms with Crippen molar-refractivity contribution in [2.24, 2.45) is 11.3 Å². The molecule has 0 spiro atoms. The normalized spacial score (nSPS) is 16.3. The second kappa shape index (κ2) is 6.60. The van der Waals surface area contributed by atoms with Crippen molar-refractivity contribution in [2.75, 3.05) is 0 Å². The standard InChI is InChI=1S/C14H23O/c1-6-13(11-15)14(5,7-2)10-8-9-12(3)4/h7,9,13H,2,6,8,10H2,1,3-5H3. The van der Waals surface area contributed by atoms with E-state index in [-0.39, 0.29) is 11.3 Å². The van der Waals surface area contributed by atoms with Gasteiger partial charge in [0.25, 0.3) is 0 Å². The van der Waals surface area contributed by atoms with E-state index >= 15 is 0 Å². The maximum Gasteiger partial charge on any atom is 0.202 e. The molecule has 0 saturated carbocycles. The van der Waals surface area contributed by atoms with Crippen LogP contribution in [-0.2, 0) is 4.79 Å². The Kier molecular flexibility index (Phi) is 6.23. The molecule has 15 heavy (non-hydrogen) atoms. The van der Waals surface area contributed by atoms with Gasteiger partial charge in [0, 0.05) is 5.92 Å². The smallest absolute Gasteiger partial charge is 0.202 e. The van der Waals surface area contributed by atoms with Crippen LogP contribution >= 0.6 is 0 Å². The van der Waals surface area contributed by atoms with Gasteiger partial charge >= 0.3 is 0 Å². The third-order valence-electron chi connectivity index (χ3n) is 3.05. The summed E-state index contributed by atoms with van der Waals surface area (Å²) in [5.41, 5.74) is 1.21. The SMILES string of the molecule is C=CC(C)(CCC=C(C)C)C([C]=O)CC. The van der Waals surface area contributed by atoms with Gasteiger partial charge in [-0.15, -0.1) is 6.58 Å². The third-order valence-corrected chi connectivity index (χ3v) is 3.05. The van der Waals surface area contributed by atoms with Crippen molar-refractivity contribution in [3.05, 3.63) is 24.3 Å². The molecule has 0 N–H and O–H groups in total. The molecule has 0 bridgehead atoms. The number of hydrogen-bond donors (Lipinski definition) is 0. The number of carbonyl (C=O) groups excluding carboxylic acids is 1. The van der Waals surface area contributed by atoms with E-state index in [2.05, 4.69) is 39.7 Å². The molecular formula is C14H23O. The lowest BCUT2D eigenvalue weighted by Crippen LogP contribution is -2.25. The second-order valence-corrected chi connectivity index (χ2v) is 4.61. The summed E-state index contributed by atoms with van der Waals surface area (Å²) < 4.78 is 0. The predicted octanol–water partition coefficient (Wildman–Crippen LogP) is 4.06. The Bertz CT molecular complexity index is 236. The van der Waals surface area contributed by atoms with E-state index in [1.807, 2.05) is 13.0 Å². The highest BCUT2D eigenvalue weighted by molar-refractivity contribution is 5.56. The molecule has 0 amide bonds. The van der Waals surface area contributed by atoms with E-state index in [9.17, 15) is 4.79 Å². The Balaban J connectivity index is 4.49. The molecule has 85 valence electrons. The molecule has 0 heterocycles. The zero-order chi connectivity index (χ0) is 11.9. The molecule has 0 rings (SSSR count). The molecule has 1 heteroatoms. The quantitative estimate of drug-likeness (QED) is 0.575. The summed E-state index contributed by atoms with van der Waals surface area (Å²) in [6, 6.07) is 0. The van der Waals surface area contributed by atoms with Crippen molar-refractivity contribution in [2.45, 2.75) is 47.0 Å². The topological polar surface area (TPSA) is 17.1 Å². The summed E-state index contributed by atoms with van der Waals surface area (Å²) in [7, 11) is 0. The van der Waals surface area contributed by atoms with Crippen molar-refractivity contribution in [1.29, 1.82) is 0 Å². The highest BCUT2D eigenvalue weighted by Gasteiger charge is 2.29.